The Balaban J connectivity index is 1.95. The molecule has 0 bridgehead atoms. The molecule has 1 aromatic heterocycles. The van der Waals surface area contributed by atoms with Crippen molar-refractivity contribution in [1.29, 1.82) is 0 Å². The zero-order chi connectivity index (χ0) is 16.4. The largest absolute Gasteiger partial charge is 0.491 e. The number of nitrogens with zero attached hydrogens (tertiary/aromatic N) is 2. The van der Waals surface area contributed by atoms with Gasteiger partial charge in [0.1, 0.15) is 5.75 Å². The summed E-state index contributed by atoms with van der Waals surface area (Å²) in [6.07, 6.45) is 1.71. The maximum Gasteiger partial charge on any atom is 0.261 e. The summed E-state index contributed by atoms with van der Waals surface area (Å²) in [5.41, 5.74) is 1.65. The Bertz CT molecular complexity index is 903. The Morgan fingerprint density at radius 1 is 1.22 bits per heavy atom. The van der Waals surface area contributed by atoms with E-state index in [4.69, 9.17) is 4.74 Å². The molecule has 3 aromatic rings. The third kappa shape index (κ3) is 3.62. The van der Waals surface area contributed by atoms with Crippen molar-refractivity contribution in [1.82, 2.24) is 9.55 Å². The highest BCUT2D eigenvalue weighted by Gasteiger charge is 2.06. The number of fused-ring (bicyclic) bond motifs is 1. The van der Waals surface area contributed by atoms with Crippen LogP contribution in [0, 0.1) is 0 Å². The third-order valence-electron chi connectivity index (χ3n) is 3.41. The number of halogens is 1. The van der Waals surface area contributed by atoms with E-state index in [2.05, 4.69) is 20.9 Å². The van der Waals surface area contributed by atoms with E-state index in [9.17, 15) is 4.79 Å². The predicted octanol–water partition coefficient (Wildman–Crippen LogP) is 3.99. The van der Waals surface area contributed by atoms with E-state index in [1.165, 1.54) is 0 Å². The van der Waals surface area contributed by atoms with Gasteiger partial charge in [0.15, 0.2) is 0 Å². The fraction of sp³-hybridized carbons (Fsp3) is 0.222. The zero-order valence-corrected chi connectivity index (χ0v) is 14.6. The quantitative estimate of drug-likeness (QED) is 0.695. The number of rotatable bonds is 4. The molecule has 0 radical (unpaired) electrons. The van der Waals surface area contributed by atoms with Gasteiger partial charge in [-0.25, -0.2) is 4.98 Å². The van der Waals surface area contributed by atoms with Crippen LogP contribution in [0.5, 0.6) is 5.75 Å². The summed E-state index contributed by atoms with van der Waals surface area (Å²) in [4.78, 5) is 17.0. The number of hydrogen-bond donors (Lipinski definition) is 0. The Labute approximate surface area is 142 Å². The molecule has 0 unspecified atom stereocenters. The van der Waals surface area contributed by atoms with Crippen LogP contribution in [0.3, 0.4) is 0 Å². The Kier molecular flexibility index (Phi) is 4.48. The van der Waals surface area contributed by atoms with Crippen molar-refractivity contribution >= 4 is 26.8 Å². The van der Waals surface area contributed by atoms with Crippen LogP contribution in [-0.2, 0) is 6.54 Å². The topological polar surface area (TPSA) is 44.1 Å². The first-order valence-corrected chi connectivity index (χ1v) is 8.22. The molecule has 118 valence electrons. The number of aromatic nitrogens is 2. The molecule has 5 heteroatoms. The van der Waals surface area contributed by atoms with Crippen LogP contribution < -0.4 is 10.3 Å². The second kappa shape index (κ2) is 6.54. The first-order valence-electron chi connectivity index (χ1n) is 7.43. The highest BCUT2D eigenvalue weighted by Crippen LogP contribution is 2.17. The molecule has 0 spiro atoms. The first-order chi connectivity index (χ1) is 11.0. The smallest absolute Gasteiger partial charge is 0.261 e. The monoisotopic (exact) mass is 372 g/mol. The van der Waals surface area contributed by atoms with Gasteiger partial charge in [-0.1, -0.05) is 28.1 Å². The van der Waals surface area contributed by atoms with Crippen molar-refractivity contribution in [2.45, 2.75) is 26.5 Å². The first kappa shape index (κ1) is 15.7. The molecule has 1 heterocycles. The maximum absolute atomic E-state index is 12.6. The Morgan fingerprint density at radius 3 is 2.83 bits per heavy atom. The molecule has 23 heavy (non-hydrogen) atoms. The lowest BCUT2D eigenvalue weighted by Gasteiger charge is -2.12. The van der Waals surface area contributed by atoms with Crippen molar-refractivity contribution in [2.24, 2.45) is 0 Å². The van der Waals surface area contributed by atoms with Gasteiger partial charge in [-0.15, -0.1) is 0 Å². The van der Waals surface area contributed by atoms with E-state index in [0.29, 0.717) is 17.4 Å². The van der Waals surface area contributed by atoms with Gasteiger partial charge in [0.25, 0.3) is 5.56 Å². The molecule has 0 fully saturated rings. The van der Waals surface area contributed by atoms with E-state index >= 15 is 0 Å². The molecule has 3 rings (SSSR count). The second-order valence-corrected chi connectivity index (χ2v) is 6.57. The van der Waals surface area contributed by atoms with Gasteiger partial charge in [0, 0.05) is 4.47 Å². The molecular formula is C18H17BrN2O2. The number of benzene rings is 2. The molecule has 2 aromatic carbocycles. The van der Waals surface area contributed by atoms with Gasteiger partial charge in [-0.05, 0) is 49.7 Å². The average Bonchev–Trinajstić information content (AvgIpc) is 2.50. The fourth-order valence-electron chi connectivity index (χ4n) is 2.43. The molecular weight excluding hydrogens is 356 g/mol. The van der Waals surface area contributed by atoms with Gasteiger partial charge in [0.2, 0.25) is 0 Å². The van der Waals surface area contributed by atoms with E-state index in [1.807, 2.05) is 50.2 Å². The zero-order valence-electron chi connectivity index (χ0n) is 13.0. The molecule has 0 amide bonds. The maximum atomic E-state index is 12.6. The van der Waals surface area contributed by atoms with Gasteiger partial charge in [0.05, 0.1) is 29.9 Å². The van der Waals surface area contributed by atoms with Gasteiger partial charge >= 0.3 is 0 Å². The van der Waals surface area contributed by atoms with Crippen LogP contribution >= 0.6 is 15.9 Å². The summed E-state index contributed by atoms with van der Waals surface area (Å²) in [5.74, 6) is 0.807. The molecule has 4 nitrogen and oxygen atoms in total. The molecule has 0 aliphatic rings. The minimum Gasteiger partial charge on any atom is -0.491 e. The fourth-order valence-corrected chi connectivity index (χ4v) is 2.79. The van der Waals surface area contributed by atoms with Gasteiger partial charge in [-0.2, -0.15) is 0 Å². The van der Waals surface area contributed by atoms with Gasteiger partial charge in [-0.3, -0.25) is 9.36 Å². The highest BCUT2D eigenvalue weighted by molar-refractivity contribution is 9.10. The average molecular weight is 373 g/mol. The molecule has 0 aliphatic heterocycles. The molecule has 0 aliphatic carbocycles. The summed E-state index contributed by atoms with van der Waals surface area (Å²) in [6, 6.07) is 13.3. The molecule has 0 saturated heterocycles. The number of ether oxygens (including phenoxy) is 1. The summed E-state index contributed by atoms with van der Waals surface area (Å²) in [7, 11) is 0. The second-order valence-electron chi connectivity index (χ2n) is 5.65. The molecule has 0 N–H and O–H groups in total. The van der Waals surface area contributed by atoms with Crippen LogP contribution in [0.15, 0.2) is 58.1 Å². The number of hydrogen-bond acceptors (Lipinski definition) is 3. The van der Waals surface area contributed by atoms with Crippen LogP contribution in [0.4, 0.5) is 0 Å². The van der Waals surface area contributed by atoms with E-state index in [-0.39, 0.29) is 11.7 Å². The SMILES string of the molecule is CC(C)Oc1cccc(Cn2cnc3ccc(Br)cc3c2=O)c1. The van der Waals surface area contributed by atoms with Crippen molar-refractivity contribution in [2.75, 3.05) is 0 Å². The summed E-state index contributed by atoms with van der Waals surface area (Å²) < 4.78 is 8.18. The summed E-state index contributed by atoms with van der Waals surface area (Å²) in [5, 5.41) is 0.608. The van der Waals surface area contributed by atoms with Crippen LogP contribution in [0.2, 0.25) is 0 Å². The van der Waals surface area contributed by atoms with E-state index in [1.54, 1.807) is 17.0 Å². The van der Waals surface area contributed by atoms with Crippen molar-refractivity contribution in [3.63, 3.8) is 0 Å². The van der Waals surface area contributed by atoms with Crippen molar-refractivity contribution in [3.8, 4) is 5.75 Å². The minimum absolute atomic E-state index is 0.0496. The van der Waals surface area contributed by atoms with E-state index in [0.717, 1.165) is 15.8 Å². The standard InChI is InChI=1S/C18H17BrN2O2/c1-12(2)23-15-5-3-4-13(8-15)10-21-11-20-17-7-6-14(19)9-16(17)18(21)22/h3-9,11-12H,10H2,1-2H3. The van der Waals surface area contributed by atoms with Gasteiger partial charge < -0.3 is 4.74 Å². The lowest BCUT2D eigenvalue weighted by molar-refractivity contribution is 0.242. The highest BCUT2D eigenvalue weighted by atomic mass is 79.9. The lowest BCUT2D eigenvalue weighted by atomic mass is 10.2. The minimum atomic E-state index is -0.0496. The summed E-state index contributed by atoms with van der Waals surface area (Å²) >= 11 is 3.40. The van der Waals surface area contributed by atoms with Crippen molar-refractivity contribution < 1.29 is 4.74 Å². The predicted molar refractivity (Wildman–Crippen MR) is 95.0 cm³/mol. The van der Waals surface area contributed by atoms with Crippen molar-refractivity contribution in [3.05, 3.63) is 69.2 Å². The Hall–Kier alpha value is -2.14. The third-order valence-corrected chi connectivity index (χ3v) is 3.90. The van der Waals surface area contributed by atoms with E-state index < -0.39 is 0 Å². The molecule has 0 atom stereocenters. The Morgan fingerprint density at radius 2 is 2.04 bits per heavy atom. The van der Waals surface area contributed by atoms with Crippen LogP contribution in [-0.4, -0.2) is 15.7 Å². The van der Waals surface area contributed by atoms with Crippen LogP contribution in [0.25, 0.3) is 10.9 Å². The lowest BCUT2D eigenvalue weighted by Crippen LogP contribution is -2.21. The normalized spacial score (nSPS) is 11.1. The summed E-state index contributed by atoms with van der Waals surface area (Å²) in [6.45, 7) is 4.44. The molecule has 0 saturated carbocycles. The van der Waals surface area contributed by atoms with Crippen LogP contribution in [0.1, 0.15) is 19.4 Å².